The third kappa shape index (κ3) is 4.08. The van der Waals surface area contributed by atoms with Crippen LogP contribution in [0, 0.1) is 0 Å². The third-order valence-corrected chi connectivity index (χ3v) is 4.41. The van der Waals surface area contributed by atoms with Crippen LogP contribution in [0.4, 0.5) is 0 Å². The van der Waals surface area contributed by atoms with Gasteiger partial charge in [-0.3, -0.25) is 0 Å². The molecular weight excluding hydrogens is 258 g/mol. The first kappa shape index (κ1) is 15.6. The molecule has 0 aliphatic carbocycles. The number of nitrogens with zero attached hydrogens (tertiary/aromatic N) is 1. The minimum atomic E-state index is 0.886. The van der Waals surface area contributed by atoms with Crippen molar-refractivity contribution in [2.45, 2.75) is 27.3 Å². The first-order valence-electron chi connectivity index (χ1n) is 7.88. The molecule has 0 heterocycles. The zero-order chi connectivity index (χ0) is 15.1. The molecule has 0 fully saturated rings. The number of quaternary nitrogens is 1. The Kier molecular flexibility index (Phi) is 5.40. The Hall–Kier alpha value is -1.80. The summed E-state index contributed by atoms with van der Waals surface area (Å²) < 4.78 is 7.05. The molecule has 2 rings (SSSR count). The Morgan fingerprint density at radius 3 is 2.00 bits per heavy atom. The number of ether oxygens (including phenoxy) is 1. The second kappa shape index (κ2) is 7.28. The van der Waals surface area contributed by atoms with E-state index in [4.69, 9.17) is 4.74 Å². The lowest BCUT2D eigenvalue weighted by Crippen LogP contribution is -2.46. The van der Waals surface area contributed by atoms with Gasteiger partial charge in [-0.1, -0.05) is 30.3 Å². The van der Waals surface area contributed by atoms with Gasteiger partial charge in [-0.25, -0.2) is 0 Å². The van der Waals surface area contributed by atoms with Gasteiger partial charge in [0.25, 0.3) is 0 Å². The summed E-state index contributed by atoms with van der Waals surface area (Å²) in [6.45, 7) is 11.4. The quantitative estimate of drug-likeness (QED) is 0.660. The minimum Gasteiger partial charge on any atom is -0.457 e. The van der Waals surface area contributed by atoms with Crippen LogP contribution in [0.2, 0.25) is 0 Å². The van der Waals surface area contributed by atoms with Crippen molar-refractivity contribution in [3.63, 3.8) is 0 Å². The van der Waals surface area contributed by atoms with Crippen LogP contribution < -0.4 is 4.74 Å². The molecular formula is C19H26NO+. The number of hydrogen-bond donors (Lipinski definition) is 0. The van der Waals surface area contributed by atoms with Crippen molar-refractivity contribution in [3.05, 3.63) is 60.2 Å². The highest BCUT2D eigenvalue weighted by Crippen LogP contribution is 2.23. The molecule has 2 aromatic carbocycles. The van der Waals surface area contributed by atoms with E-state index in [0.29, 0.717) is 0 Å². The van der Waals surface area contributed by atoms with Gasteiger partial charge in [-0.2, -0.15) is 0 Å². The van der Waals surface area contributed by atoms with Crippen LogP contribution in [-0.2, 0) is 6.54 Å². The molecule has 2 aromatic rings. The largest absolute Gasteiger partial charge is 0.457 e. The zero-order valence-corrected chi connectivity index (χ0v) is 13.4. The van der Waals surface area contributed by atoms with Gasteiger partial charge in [-0.05, 0) is 45.0 Å². The average Bonchev–Trinajstić information content (AvgIpc) is 2.54. The molecule has 112 valence electrons. The second-order valence-electron chi connectivity index (χ2n) is 5.51. The van der Waals surface area contributed by atoms with Gasteiger partial charge in [0.1, 0.15) is 18.0 Å². The van der Waals surface area contributed by atoms with E-state index in [1.807, 2.05) is 36.4 Å². The van der Waals surface area contributed by atoms with Crippen LogP contribution in [0.3, 0.4) is 0 Å². The van der Waals surface area contributed by atoms with Crippen molar-refractivity contribution in [2.75, 3.05) is 19.6 Å². The van der Waals surface area contributed by atoms with E-state index in [9.17, 15) is 0 Å². The van der Waals surface area contributed by atoms with E-state index in [0.717, 1.165) is 42.2 Å². The Balaban J connectivity index is 2.14. The number of para-hydroxylation sites is 1. The maximum absolute atomic E-state index is 5.93. The summed E-state index contributed by atoms with van der Waals surface area (Å²) in [5, 5.41) is 0. The van der Waals surface area contributed by atoms with Crippen molar-refractivity contribution >= 4 is 0 Å². The maximum atomic E-state index is 5.93. The van der Waals surface area contributed by atoms with Crippen LogP contribution >= 0.6 is 0 Å². The lowest BCUT2D eigenvalue weighted by Gasteiger charge is -2.35. The van der Waals surface area contributed by atoms with Gasteiger partial charge in [0.2, 0.25) is 0 Å². The Bertz CT molecular complexity index is 538. The predicted molar refractivity (Wildman–Crippen MR) is 88.5 cm³/mol. The van der Waals surface area contributed by atoms with E-state index >= 15 is 0 Å². The van der Waals surface area contributed by atoms with Gasteiger partial charge in [0, 0.05) is 5.56 Å². The van der Waals surface area contributed by atoms with Crippen molar-refractivity contribution in [1.29, 1.82) is 0 Å². The number of benzene rings is 2. The van der Waals surface area contributed by atoms with Gasteiger partial charge in [-0.15, -0.1) is 0 Å². The van der Waals surface area contributed by atoms with Gasteiger partial charge < -0.3 is 9.22 Å². The smallest absolute Gasteiger partial charge is 0.127 e. The molecule has 21 heavy (non-hydrogen) atoms. The van der Waals surface area contributed by atoms with Crippen LogP contribution in [0.25, 0.3) is 0 Å². The Labute approximate surface area is 128 Å². The molecule has 0 saturated heterocycles. The molecule has 0 aliphatic heterocycles. The molecule has 0 saturated carbocycles. The molecule has 0 N–H and O–H groups in total. The molecule has 2 nitrogen and oxygen atoms in total. The lowest BCUT2D eigenvalue weighted by atomic mass is 10.1. The fourth-order valence-corrected chi connectivity index (χ4v) is 2.73. The highest BCUT2D eigenvalue weighted by atomic mass is 16.5. The topological polar surface area (TPSA) is 9.23 Å². The number of hydrogen-bond acceptors (Lipinski definition) is 1. The van der Waals surface area contributed by atoms with Gasteiger partial charge in [0.05, 0.1) is 19.6 Å². The van der Waals surface area contributed by atoms with Crippen molar-refractivity contribution in [3.8, 4) is 11.5 Å². The summed E-state index contributed by atoms with van der Waals surface area (Å²) in [5.74, 6) is 1.80. The molecule has 0 unspecified atom stereocenters. The van der Waals surface area contributed by atoms with Crippen molar-refractivity contribution in [2.24, 2.45) is 0 Å². The molecule has 0 spiro atoms. The summed E-state index contributed by atoms with van der Waals surface area (Å²) in [6, 6.07) is 18.4. The Morgan fingerprint density at radius 1 is 0.762 bits per heavy atom. The highest BCUT2D eigenvalue weighted by molar-refractivity contribution is 5.33. The summed E-state index contributed by atoms with van der Waals surface area (Å²) >= 11 is 0. The first-order valence-corrected chi connectivity index (χ1v) is 7.88. The third-order valence-electron chi connectivity index (χ3n) is 4.41. The highest BCUT2D eigenvalue weighted by Gasteiger charge is 2.21. The van der Waals surface area contributed by atoms with E-state index < -0.39 is 0 Å². The summed E-state index contributed by atoms with van der Waals surface area (Å²) in [5.41, 5.74) is 1.34. The molecule has 0 aromatic heterocycles. The van der Waals surface area contributed by atoms with E-state index in [1.165, 1.54) is 5.56 Å². The van der Waals surface area contributed by atoms with Crippen LogP contribution in [0.15, 0.2) is 54.6 Å². The fraction of sp³-hybridized carbons (Fsp3) is 0.368. The monoisotopic (exact) mass is 284 g/mol. The summed E-state index contributed by atoms with van der Waals surface area (Å²) in [4.78, 5) is 0. The second-order valence-corrected chi connectivity index (χ2v) is 5.51. The van der Waals surface area contributed by atoms with Crippen molar-refractivity contribution < 1.29 is 9.22 Å². The molecule has 0 amide bonds. The minimum absolute atomic E-state index is 0.886. The Morgan fingerprint density at radius 2 is 1.38 bits per heavy atom. The molecule has 0 atom stereocenters. The summed E-state index contributed by atoms with van der Waals surface area (Å²) in [7, 11) is 0. The normalized spacial score (nSPS) is 11.4. The molecule has 0 radical (unpaired) electrons. The molecule has 0 aliphatic rings. The average molecular weight is 284 g/mol. The van der Waals surface area contributed by atoms with Crippen LogP contribution in [-0.4, -0.2) is 24.1 Å². The fourth-order valence-electron chi connectivity index (χ4n) is 2.73. The molecule has 0 bridgehead atoms. The predicted octanol–water partition coefficient (Wildman–Crippen LogP) is 4.86. The van der Waals surface area contributed by atoms with E-state index in [-0.39, 0.29) is 0 Å². The maximum Gasteiger partial charge on any atom is 0.127 e. The first-order chi connectivity index (χ1) is 10.2. The van der Waals surface area contributed by atoms with Crippen LogP contribution in [0.5, 0.6) is 11.5 Å². The lowest BCUT2D eigenvalue weighted by molar-refractivity contribution is -0.936. The van der Waals surface area contributed by atoms with Crippen LogP contribution in [0.1, 0.15) is 26.3 Å². The zero-order valence-electron chi connectivity index (χ0n) is 13.4. The standard InChI is InChI=1S/C19H26NO/c1-4-20(5-2,6-3)16-17-11-10-14-19(15-17)21-18-12-8-7-9-13-18/h7-15H,4-6,16H2,1-3H3/q+1. The van der Waals surface area contributed by atoms with Crippen molar-refractivity contribution in [1.82, 2.24) is 0 Å². The SMILES string of the molecule is CC[N+](CC)(CC)Cc1cccc(Oc2ccccc2)c1. The van der Waals surface area contributed by atoms with Gasteiger partial charge >= 0.3 is 0 Å². The summed E-state index contributed by atoms with van der Waals surface area (Å²) in [6.07, 6.45) is 0. The molecule has 2 heteroatoms. The van der Waals surface area contributed by atoms with E-state index in [1.54, 1.807) is 0 Å². The van der Waals surface area contributed by atoms with Gasteiger partial charge in [0.15, 0.2) is 0 Å². The van der Waals surface area contributed by atoms with E-state index in [2.05, 4.69) is 39.0 Å². The number of rotatable bonds is 7.